The van der Waals surface area contributed by atoms with Crippen LogP contribution < -0.4 is 5.31 Å². The molecule has 1 saturated heterocycles. The van der Waals surface area contributed by atoms with Crippen LogP contribution in [0.1, 0.15) is 13.9 Å². The van der Waals surface area contributed by atoms with E-state index in [-0.39, 0.29) is 6.61 Å². The Hall–Kier alpha value is -2.01. The van der Waals surface area contributed by atoms with Crippen molar-refractivity contribution in [3.05, 3.63) is 35.5 Å². The van der Waals surface area contributed by atoms with Crippen molar-refractivity contribution in [3.63, 3.8) is 0 Å². The van der Waals surface area contributed by atoms with E-state index in [4.69, 9.17) is 10.3 Å². The summed E-state index contributed by atoms with van der Waals surface area (Å²) in [5, 5.41) is 1.38. The number of hydrogen-bond donors (Lipinski definition) is 2. The summed E-state index contributed by atoms with van der Waals surface area (Å²) in [5.74, 6) is 0. The second kappa shape index (κ2) is 5.77. The number of benzene rings is 1. The molecule has 2 aromatic rings. The van der Waals surface area contributed by atoms with Crippen LogP contribution in [0, 0.1) is 0 Å². The molecule has 112 valence electrons. The number of H-pyrrole nitrogens is 1. The number of carbonyl (C=O) groups is 1. The van der Waals surface area contributed by atoms with Gasteiger partial charge in [0.1, 0.15) is 6.61 Å². The summed E-state index contributed by atoms with van der Waals surface area (Å²) >= 11 is 0. The van der Waals surface area contributed by atoms with Gasteiger partial charge < -0.3 is 19.9 Å². The standard InChI is InChI=1S/C16H21N3O2/c1-19(2)6-5-12-9-17-15-4-3-11(8-14(12)15)7-13-10-21-16(20)18-13/h3-4,8-9,13,17H,5-7,10H2,1-2H3,(H,18,20)/t13-/m0/s1/i7D2/hD2. The predicted molar refractivity (Wildman–Crippen MR) is 82.5 cm³/mol. The number of nitrogens with zero attached hydrogens (tertiary/aromatic N) is 1. The van der Waals surface area contributed by atoms with Gasteiger partial charge in [-0.1, -0.05) is 6.07 Å². The maximum Gasteiger partial charge on any atom is 0.407 e. The smallest absolute Gasteiger partial charge is 0.407 e. The molecule has 1 aliphatic heterocycles. The number of rotatable bonds is 5. The molecule has 0 bridgehead atoms. The van der Waals surface area contributed by atoms with Crippen LogP contribution in [0.2, 0.25) is 2.82 Å². The van der Waals surface area contributed by atoms with Crippen molar-refractivity contribution in [3.8, 4) is 0 Å². The highest BCUT2D eigenvalue weighted by Gasteiger charge is 2.22. The van der Waals surface area contributed by atoms with E-state index in [2.05, 4.69) is 4.90 Å². The lowest BCUT2D eigenvalue weighted by atomic mass is 10.0. The summed E-state index contributed by atoms with van der Waals surface area (Å²) in [4.78, 5) is 14.7. The Bertz CT molecular complexity index is 806. The van der Waals surface area contributed by atoms with Gasteiger partial charge in [0, 0.05) is 26.4 Å². The SMILES string of the molecule is [2H]N1C(=O)OC[C@@H]1C([2H])([2H])c1ccc2c(c1)c(CCN(C)C)cn2[2H]. The number of ether oxygens (including phenoxy) is 1. The molecule has 5 nitrogen and oxygen atoms in total. The van der Waals surface area contributed by atoms with Gasteiger partial charge >= 0.3 is 6.09 Å². The van der Waals surface area contributed by atoms with Crippen LogP contribution in [0.25, 0.3) is 10.9 Å². The molecule has 1 fully saturated rings. The Morgan fingerprint density at radius 1 is 1.52 bits per heavy atom. The minimum atomic E-state index is -1.93. The summed E-state index contributed by atoms with van der Waals surface area (Å²) in [5.41, 5.74) is 2.05. The zero-order chi connectivity index (χ0) is 18.4. The van der Waals surface area contributed by atoms with Crippen molar-refractivity contribution in [1.29, 1.82) is 0 Å². The summed E-state index contributed by atoms with van der Waals surface area (Å²) in [6, 6.07) is 4.04. The second-order valence-corrected chi connectivity index (χ2v) is 5.43. The van der Waals surface area contributed by atoms with E-state index < -0.39 is 18.5 Å². The van der Waals surface area contributed by atoms with Crippen LogP contribution in [0.15, 0.2) is 24.4 Å². The number of fused-ring (bicyclic) bond motifs is 1. The van der Waals surface area contributed by atoms with Crippen LogP contribution in [-0.2, 0) is 17.5 Å². The van der Waals surface area contributed by atoms with Gasteiger partial charge in [0.2, 0.25) is 0 Å². The first kappa shape index (κ1) is 9.84. The average Bonchev–Trinajstić information content (AvgIpc) is 3.06. The molecule has 0 radical (unpaired) electrons. The lowest BCUT2D eigenvalue weighted by molar-refractivity contribution is 0.177. The number of hydrogen-bond acceptors (Lipinski definition) is 3. The number of nitrogens with one attached hydrogen (secondary N) is 2. The summed E-state index contributed by atoms with van der Waals surface area (Å²) in [6.07, 6.45) is -0.270. The van der Waals surface area contributed by atoms with E-state index in [9.17, 15) is 4.79 Å². The maximum absolute atomic E-state index is 11.4. The molecule has 1 aromatic carbocycles. The minimum Gasteiger partial charge on any atom is -0.447 e. The number of likely N-dealkylation sites (N-methyl/N-ethyl adjacent to an activating group) is 1. The maximum atomic E-state index is 11.4. The predicted octanol–water partition coefficient (Wildman–Crippen LogP) is 1.92. The number of aromatic amines is 1. The minimum absolute atomic E-state index is 0.152. The molecule has 1 amide bonds. The Morgan fingerprint density at radius 2 is 2.38 bits per heavy atom. The van der Waals surface area contributed by atoms with Crippen molar-refractivity contribution in [2.24, 2.45) is 0 Å². The number of cyclic esters (lactones) is 1. The zero-order valence-corrected chi connectivity index (χ0v) is 12.2. The van der Waals surface area contributed by atoms with Gasteiger partial charge in [0.05, 0.1) is 6.04 Å². The molecule has 5 heteroatoms. The average molecular weight is 291 g/mol. The van der Waals surface area contributed by atoms with E-state index in [1.165, 1.54) is 4.98 Å². The fourth-order valence-electron chi connectivity index (χ4n) is 2.37. The van der Waals surface area contributed by atoms with Gasteiger partial charge in [-0.05, 0) is 50.1 Å². The highest BCUT2D eigenvalue weighted by molar-refractivity contribution is 5.84. The fourth-order valence-corrected chi connectivity index (χ4v) is 2.37. The second-order valence-electron chi connectivity index (χ2n) is 5.43. The van der Waals surface area contributed by atoms with Gasteiger partial charge in [-0.3, -0.25) is 0 Å². The number of amides is 1. The number of carbonyl (C=O) groups excluding carboxylic acids is 1. The fraction of sp³-hybridized carbons (Fsp3) is 0.438. The molecule has 0 spiro atoms. The number of alkyl carbamates (subject to hydrolysis) is 1. The summed E-state index contributed by atoms with van der Waals surface area (Å²) in [7, 11) is 3.95. The Balaban J connectivity index is 1.99. The molecule has 1 aliphatic rings. The Kier molecular flexibility index (Phi) is 2.71. The molecule has 0 aliphatic carbocycles. The first-order chi connectivity index (χ1) is 11.7. The molecule has 3 rings (SSSR count). The molecule has 2 heterocycles. The van der Waals surface area contributed by atoms with Crippen LogP contribution in [0.5, 0.6) is 0 Å². The topological polar surface area (TPSA) is 57.4 Å². The van der Waals surface area contributed by atoms with Crippen LogP contribution in [0.4, 0.5) is 4.79 Å². The number of aromatic nitrogens is 1. The molecule has 0 unspecified atom stereocenters. The van der Waals surface area contributed by atoms with Gasteiger partial charge in [-0.15, -0.1) is 0 Å². The zero-order valence-electron chi connectivity index (χ0n) is 16.2. The van der Waals surface area contributed by atoms with E-state index in [1.807, 2.05) is 14.1 Å². The Morgan fingerprint density at radius 3 is 3.10 bits per heavy atom. The first-order valence-electron chi connectivity index (χ1n) is 8.84. The highest BCUT2D eigenvalue weighted by atomic mass is 16.6. The third-order valence-electron chi connectivity index (χ3n) is 3.49. The molecular formula is C16H21N3O2. The van der Waals surface area contributed by atoms with Crippen molar-refractivity contribution >= 4 is 17.0 Å². The quantitative estimate of drug-likeness (QED) is 0.885. The summed E-state index contributed by atoms with van der Waals surface area (Å²) in [6.45, 7) is 0.669. The van der Waals surface area contributed by atoms with E-state index >= 15 is 0 Å². The van der Waals surface area contributed by atoms with Crippen molar-refractivity contribution in [2.45, 2.75) is 18.8 Å². The van der Waals surface area contributed by atoms with Crippen molar-refractivity contribution < 1.29 is 15.1 Å². The third kappa shape index (κ3) is 3.19. The van der Waals surface area contributed by atoms with Gasteiger partial charge in [-0.25, -0.2) is 4.79 Å². The van der Waals surface area contributed by atoms with Crippen LogP contribution in [0.3, 0.4) is 0 Å². The van der Waals surface area contributed by atoms with Crippen LogP contribution >= 0.6 is 0 Å². The largest absolute Gasteiger partial charge is 0.447 e. The molecular weight excluding hydrogens is 266 g/mol. The highest BCUT2D eigenvalue weighted by Crippen LogP contribution is 2.21. The summed E-state index contributed by atoms with van der Waals surface area (Å²) < 4.78 is 37.4. The Labute approximate surface area is 130 Å². The van der Waals surface area contributed by atoms with E-state index in [0.29, 0.717) is 16.4 Å². The van der Waals surface area contributed by atoms with E-state index in [0.717, 1.165) is 23.9 Å². The lowest BCUT2D eigenvalue weighted by Crippen LogP contribution is -2.28. The van der Waals surface area contributed by atoms with Crippen molar-refractivity contribution in [1.82, 2.24) is 15.2 Å². The van der Waals surface area contributed by atoms with Crippen molar-refractivity contribution in [2.75, 3.05) is 27.2 Å². The lowest BCUT2D eigenvalue weighted by Gasteiger charge is -2.09. The monoisotopic (exact) mass is 291 g/mol. The first-order valence-corrected chi connectivity index (χ1v) is 6.95. The molecule has 1 atom stereocenters. The third-order valence-corrected chi connectivity index (χ3v) is 3.49. The molecule has 0 saturated carbocycles. The van der Waals surface area contributed by atoms with Crippen LogP contribution in [-0.4, -0.2) is 49.3 Å². The van der Waals surface area contributed by atoms with Gasteiger partial charge in [-0.2, -0.15) is 0 Å². The molecule has 21 heavy (non-hydrogen) atoms. The normalized spacial score (nSPS) is 22.1. The molecule has 1 aromatic heterocycles. The van der Waals surface area contributed by atoms with Gasteiger partial charge in [0.25, 0.3) is 0 Å². The van der Waals surface area contributed by atoms with E-state index in [1.54, 1.807) is 24.4 Å². The van der Waals surface area contributed by atoms with Gasteiger partial charge in [0.15, 0.2) is 2.82 Å². The molecule has 2 N–H and O–H groups in total.